The number of carboxylic acid groups (broad SMARTS) is 1. The van der Waals surface area contributed by atoms with E-state index >= 15 is 0 Å². The van der Waals surface area contributed by atoms with E-state index in [9.17, 15) is 4.79 Å². The van der Waals surface area contributed by atoms with Gasteiger partial charge in [0.25, 0.3) is 0 Å². The summed E-state index contributed by atoms with van der Waals surface area (Å²) in [6.07, 6.45) is 4.18. The SMILES string of the molecule is CCCCCC(C)C(=O)O.[KH].[KH]. The number of carbonyl (C=O) groups is 1. The molecule has 0 aliphatic carbocycles. The fourth-order valence-electron chi connectivity index (χ4n) is 0.824. The van der Waals surface area contributed by atoms with Crippen LogP contribution in [0.15, 0.2) is 0 Å². The van der Waals surface area contributed by atoms with Crippen LogP contribution < -0.4 is 0 Å². The summed E-state index contributed by atoms with van der Waals surface area (Å²) in [7, 11) is 0. The molecule has 12 heavy (non-hydrogen) atoms. The first-order valence-corrected chi connectivity index (χ1v) is 3.91. The first-order chi connectivity index (χ1) is 4.68. The van der Waals surface area contributed by atoms with Crippen molar-refractivity contribution in [3.05, 3.63) is 0 Å². The summed E-state index contributed by atoms with van der Waals surface area (Å²) in [5, 5.41) is 8.48. The van der Waals surface area contributed by atoms with E-state index in [0.717, 1.165) is 25.7 Å². The third-order valence-electron chi connectivity index (χ3n) is 1.66. The molecule has 1 atom stereocenters. The first kappa shape index (κ1) is 20.2. The zero-order chi connectivity index (χ0) is 7.98. The molecule has 0 aliphatic rings. The Morgan fingerprint density at radius 3 is 2.17 bits per heavy atom. The van der Waals surface area contributed by atoms with Crippen molar-refractivity contribution in [2.75, 3.05) is 0 Å². The van der Waals surface area contributed by atoms with Crippen LogP contribution in [0.5, 0.6) is 0 Å². The third kappa shape index (κ3) is 12.7. The van der Waals surface area contributed by atoms with E-state index in [1.165, 1.54) is 0 Å². The van der Waals surface area contributed by atoms with Crippen molar-refractivity contribution in [3.8, 4) is 0 Å². The molecule has 0 aromatic rings. The molecule has 64 valence electrons. The van der Waals surface area contributed by atoms with Gasteiger partial charge in [0, 0.05) is 0 Å². The molecule has 0 aliphatic heterocycles. The summed E-state index contributed by atoms with van der Waals surface area (Å²) in [4.78, 5) is 10.3. The van der Waals surface area contributed by atoms with Crippen molar-refractivity contribution in [2.45, 2.75) is 39.5 Å². The summed E-state index contributed by atoms with van der Waals surface area (Å²) < 4.78 is 0. The zero-order valence-electron chi connectivity index (χ0n) is 6.76. The van der Waals surface area contributed by atoms with Gasteiger partial charge in [-0.25, -0.2) is 0 Å². The van der Waals surface area contributed by atoms with Gasteiger partial charge in [-0.1, -0.05) is 33.1 Å². The maximum atomic E-state index is 10.3. The molecular formula is C8H18K2O2. The van der Waals surface area contributed by atoms with Gasteiger partial charge in [-0.15, -0.1) is 0 Å². The molecule has 0 rings (SSSR count). The van der Waals surface area contributed by atoms with E-state index in [1.807, 2.05) is 0 Å². The molecular weight excluding hydrogens is 206 g/mol. The average molecular weight is 224 g/mol. The van der Waals surface area contributed by atoms with Gasteiger partial charge in [-0.05, 0) is 6.42 Å². The van der Waals surface area contributed by atoms with Crippen molar-refractivity contribution in [2.24, 2.45) is 5.92 Å². The quantitative estimate of drug-likeness (QED) is 0.558. The predicted octanol–water partition coefficient (Wildman–Crippen LogP) is 0.990. The van der Waals surface area contributed by atoms with Gasteiger partial charge in [0.1, 0.15) is 0 Å². The molecule has 0 fully saturated rings. The van der Waals surface area contributed by atoms with Crippen molar-refractivity contribution in [1.29, 1.82) is 0 Å². The maximum absolute atomic E-state index is 10.3. The molecule has 1 N–H and O–H groups in total. The van der Waals surface area contributed by atoms with Crippen LogP contribution >= 0.6 is 0 Å². The summed E-state index contributed by atoms with van der Waals surface area (Å²) in [6.45, 7) is 3.88. The zero-order valence-corrected chi connectivity index (χ0v) is 6.76. The number of hydrogen-bond acceptors (Lipinski definition) is 1. The van der Waals surface area contributed by atoms with Crippen LogP contribution in [0.1, 0.15) is 39.5 Å². The minimum absolute atomic E-state index is 0. The first-order valence-electron chi connectivity index (χ1n) is 3.91. The number of aliphatic carboxylic acids is 1. The number of unbranched alkanes of at least 4 members (excludes halogenated alkanes) is 2. The van der Waals surface area contributed by atoms with Crippen LogP contribution in [0, 0.1) is 5.92 Å². The van der Waals surface area contributed by atoms with Crippen molar-refractivity contribution >= 4 is 109 Å². The normalized spacial score (nSPS) is 10.8. The second-order valence-electron chi connectivity index (χ2n) is 2.74. The second-order valence-corrected chi connectivity index (χ2v) is 2.74. The molecule has 4 heteroatoms. The molecule has 0 aromatic heterocycles. The van der Waals surface area contributed by atoms with E-state index in [1.54, 1.807) is 6.92 Å². The van der Waals surface area contributed by atoms with Gasteiger partial charge in [-0.3, -0.25) is 4.79 Å². The second kappa shape index (κ2) is 13.7. The summed E-state index contributed by atoms with van der Waals surface area (Å²) >= 11 is 0. The Kier molecular flexibility index (Phi) is 23.1. The Balaban J connectivity index is -0.000000405. The Bertz CT molecular complexity index is 107. The monoisotopic (exact) mass is 224 g/mol. The molecule has 0 bridgehead atoms. The van der Waals surface area contributed by atoms with Gasteiger partial charge in [0.05, 0.1) is 5.92 Å². The summed E-state index contributed by atoms with van der Waals surface area (Å²) in [5.41, 5.74) is 0. The Hall–Kier alpha value is 2.74. The average Bonchev–Trinajstić information content (AvgIpc) is 1.88. The van der Waals surface area contributed by atoms with Crippen LogP contribution in [-0.2, 0) is 4.79 Å². The number of rotatable bonds is 5. The van der Waals surface area contributed by atoms with E-state index in [2.05, 4.69) is 6.92 Å². The van der Waals surface area contributed by atoms with E-state index in [-0.39, 0.29) is 109 Å². The molecule has 1 unspecified atom stereocenters. The molecule has 0 spiro atoms. The fourth-order valence-corrected chi connectivity index (χ4v) is 0.824. The van der Waals surface area contributed by atoms with Crippen LogP contribution in [0.2, 0.25) is 0 Å². The summed E-state index contributed by atoms with van der Waals surface area (Å²) in [6, 6.07) is 0. The van der Waals surface area contributed by atoms with Crippen molar-refractivity contribution in [1.82, 2.24) is 0 Å². The van der Waals surface area contributed by atoms with Gasteiger partial charge in [-0.2, -0.15) is 0 Å². The van der Waals surface area contributed by atoms with Crippen LogP contribution in [0.3, 0.4) is 0 Å². The number of hydrogen-bond donors (Lipinski definition) is 1. The number of carboxylic acids is 1. The van der Waals surface area contributed by atoms with E-state index in [4.69, 9.17) is 5.11 Å². The predicted molar refractivity (Wildman–Crippen MR) is 55.2 cm³/mol. The summed E-state index contributed by atoms with van der Waals surface area (Å²) in [5.74, 6) is -0.831. The van der Waals surface area contributed by atoms with Crippen molar-refractivity contribution in [3.63, 3.8) is 0 Å². The molecule has 0 amide bonds. The van der Waals surface area contributed by atoms with E-state index < -0.39 is 5.97 Å². The van der Waals surface area contributed by atoms with Gasteiger partial charge >= 0.3 is 109 Å². The molecule has 0 aromatic carbocycles. The minimum atomic E-state index is -0.670. The molecule has 2 nitrogen and oxygen atoms in total. The Labute approximate surface area is 160 Å². The topological polar surface area (TPSA) is 37.3 Å². The van der Waals surface area contributed by atoms with Crippen molar-refractivity contribution < 1.29 is 9.90 Å². The molecule has 0 radical (unpaired) electrons. The van der Waals surface area contributed by atoms with E-state index in [0.29, 0.717) is 0 Å². The van der Waals surface area contributed by atoms with Crippen LogP contribution in [0.4, 0.5) is 0 Å². The standard InChI is InChI=1S/C8H16O2.2K.2H/c1-3-4-5-6-7(2)8(9)10;;;;/h7H,3-6H2,1-2H3,(H,9,10);;;;. The van der Waals surface area contributed by atoms with Gasteiger partial charge in [0.2, 0.25) is 0 Å². The van der Waals surface area contributed by atoms with Gasteiger partial charge in [0.15, 0.2) is 0 Å². The van der Waals surface area contributed by atoms with Gasteiger partial charge < -0.3 is 5.11 Å². The Morgan fingerprint density at radius 2 is 1.83 bits per heavy atom. The third-order valence-corrected chi connectivity index (χ3v) is 1.66. The fraction of sp³-hybridized carbons (Fsp3) is 0.875. The molecule has 0 saturated heterocycles. The van der Waals surface area contributed by atoms with Crippen LogP contribution in [-0.4, -0.2) is 114 Å². The molecule has 0 heterocycles. The van der Waals surface area contributed by atoms with Crippen LogP contribution in [0.25, 0.3) is 0 Å². The molecule has 0 saturated carbocycles. The Morgan fingerprint density at radius 1 is 1.33 bits per heavy atom.